The molecule has 2 aromatic rings. The van der Waals surface area contributed by atoms with Gasteiger partial charge >= 0.3 is 5.97 Å². The minimum absolute atomic E-state index is 0.236. The normalized spacial score (nSPS) is 10.2. The molecule has 2 heterocycles. The number of aryl methyl sites for hydroxylation is 1. The molecule has 2 rings (SSSR count). The van der Waals surface area contributed by atoms with Crippen LogP contribution >= 0.6 is 0 Å². The van der Waals surface area contributed by atoms with E-state index in [0.29, 0.717) is 23.5 Å². The van der Waals surface area contributed by atoms with Gasteiger partial charge in [0.2, 0.25) is 0 Å². The molecule has 1 N–H and O–H groups in total. The van der Waals surface area contributed by atoms with Gasteiger partial charge in [0.05, 0.1) is 23.1 Å². The van der Waals surface area contributed by atoms with E-state index in [2.05, 4.69) is 15.0 Å². The molecule has 5 heteroatoms. The van der Waals surface area contributed by atoms with Gasteiger partial charge in [0.1, 0.15) is 5.69 Å². The fraction of sp³-hybridized carbons (Fsp3) is 0.167. The lowest BCUT2D eigenvalue weighted by Crippen LogP contribution is -2.05. The van der Waals surface area contributed by atoms with Crippen LogP contribution in [0.2, 0.25) is 0 Å². The van der Waals surface area contributed by atoms with E-state index in [1.165, 1.54) is 0 Å². The maximum Gasteiger partial charge on any atom is 0.337 e. The minimum Gasteiger partial charge on any atom is -0.478 e. The summed E-state index contributed by atoms with van der Waals surface area (Å²) in [5.74, 6) is -0.958. The van der Waals surface area contributed by atoms with Crippen molar-refractivity contribution < 1.29 is 9.90 Å². The Bertz CT molecular complexity index is 541. The lowest BCUT2D eigenvalue weighted by molar-refractivity contribution is 0.0695. The average Bonchev–Trinajstić information content (AvgIpc) is 2.39. The second-order valence-electron chi connectivity index (χ2n) is 3.44. The molecule has 0 atom stereocenters. The van der Waals surface area contributed by atoms with E-state index in [0.717, 1.165) is 0 Å². The van der Waals surface area contributed by atoms with E-state index in [1.54, 1.807) is 30.7 Å². The van der Waals surface area contributed by atoms with Crippen molar-refractivity contribution in [2.45, 2.75) is 13.3 Å². The van der Waals surface area contributed by atoms with Gasteiger partial charge in [-0.3, -0.25) is 15.0 Å². The third-order valence-electron chi connectivity index (χ3n) is 2.37. The predicted octanol–water partition coefficient (Wildman–Crippen LogP) is 1.80. The van der Waals surface area contributed by atoms with Crippen LogP contribution in [0, 0.1) is 0 Å². The summed E-state index contributed by atoms with van der Waals surface area (Å²) in [6, 6.07) is 3.20. The third-order valence-corrected chi connectivity index (χ3v) is 2.37. The Balaban J connectivity index is 2.49. The molecule has 0 aliphatic heterocycles. The van der Waals surface area contributed by atoms with Gasteiger partial charge in [0.25, 0.3) is 0 Å². The van der Waals surface area contributed by atoms with E-state index in [-0.39, 0.29) is 5.56 Å². The van der Waals surface area contributed by atoms with Gasteiger partial charge in [-0.05, 0) is 18.6 Å². The van der Waals surface area contributed by atoms with Gasteiger partial charge < -0.3 is 5.11 Å². The molecule has 0 saturated carbocycles. The lowest BCUT2D eigenvalue weighted by atomic mass is 10.1. The Morgan fingerprint density at radius 1 is 1.29 bits per heavy atom. The summed E-state index contributed by atoms with van der Waals surface area (Å²) in [5.41, 5.74) is 2.07. The zero-order valence-corrected chi connectivity index (χ0v) is 9.29. The fourth-order valence-corrected chi connectivity index (χ4v) is 1.54. The number of carboxylic acid groups (broad SMARTS) is 1. The lowest BCUT2D eigenvalue weighted by Gasteiger charge is -2.05. The largest absolute Gasteiger partial charge is 0.478 e. The van der Waals surface area contributed by atoms with Crippen molar-refractivity contribution in [2.24, 2.45) is 0 Å². The number of rotatable bonds is 3. The smallest absolute Gasteiger partial charge is 0.337 e. The Hall–Kier alpha value is -2.30. The summed E-state index contributed by atoms with van der Waals surface area (Å²) < 4.78 is 0. The van der Waals surface area contributed by atoms with E-state index in [9.17, 15) is 4.79 Å². The van der Waals surface area contributed by atoms with E-state index >= 15 is 0 Å². The monoisotopic (exact) mass is 229 g/mol. The number of aromatic carboxylic acids is 1. The van der Waals surface area contributed by atoms with Crippen LogP contribution < -0.4 is 0 Å². The summed E-state index contributed by atoms with van der Waals surface area (Å²) >= 11 is 0. The molecule has 0 saturated heterocycles. The summed E-state index contributed by atoms with van der Waals surface area (Å²) in [4.78, 5) is 23.3. The molecular formula is C12H11N3O2. The van der Waals surface area contributed by atoms with Crippen LogP contribution in [0.5, 0.6) is 0 Å². The number of carbonyl (C=O) groups is 1. The Kier molecular flexibility index (Phi) is 3.09. The number of nitrogens with zero attached hydrogens (tertiary/aromatic N) is 3. The van der Waals surface area contributed by atoms with Gasteiger partial charge in [0, 0.05) is 12.4 Å². The summed E-state index contributed by atoms with van der Waals surface area (Å²) in [7, 11) is 0. The highest BCUT2D eigenvalue weighted by atomic mass is 16.4. The first-order valence-electron chi connectivity index (χ1n) is 5.22. The topological polar surface area (TPSA) is 76.0 Å². The molecule has 0 bridgehead atoms. The summed E-state index contributed by atoms with van der Waals surface area (Å²) in [6.07, 6.45) is 5.32. The van der Waals surface area contributed by atoms with E-state index in [1.807, 2.05) is 6.92 Å². The number of pyridine rings is 1. The van der Waals surface area contributed by atoms with Crippen molar-refractivity contribution in [1.82, 2.24) is 15.0 Å². The number of hydrogen-bond acceptors (Lipinski definition) is 4. The third kappa shape index (κ3) is 2.28. The van der Waals surface area contributed by atoms with Crippen molar-refractivity contribution in [3.63, 3.8) is 0 Å². The molecule has 0 aliphatic rings. The van der Waals surface area contributed by atoms with Crippen LogP contribution in [0.1, 0.15) is 23.0 Å². The van der Waals surface area contributed by atoms with Crippen LogP contribution in [0.4, 0.5) is 0 Å². The maximum absolute atomic E-state index is 11.0. The molecule has 0 aromatic carbocycles. The van der Waals surface area contributed by atoms with Gasteiger partial charge in [-0.15, -0.1) is 0 Å². The average molecular weight is 229 g/mol. The van der Waals surface area contributed by atoms with E-state index < -0.39 is 5.97 Å². The minimum atomic E-state index is -0.958. The van der Waals surface area contributed by atoms with Gasteiger partial charge in [-0.25, -0.2) is 4.79 Å². The van der Waals surface area contributed by atoms with Crippen molar-refractivity contribution in [2.75, 3.05) is 0 Å². The molecule has 17 heavy (non-hydrogen) atoms. The SMILES string of the molecule is CCc1nc(-c2cnccn2)ccc1C(=O)O. The van der Waals surface area contributed by atoms with Gasteiger partial charge in [-0.1, -0.05) is 6.92 Å². The second kappa shape index (κ2) is 4.69. The highest BCUT2D eigenvalue weighted by Crippen LogP contribution is 2.16. The van der Waals surface area contributed by atoms with E-state index in [4.69, 9.17) is 5.11 Å². The fourth-order valence-electron chi connectivity index (χ4n) is 1.54. The van der Waals surface area contributed by atoms with Crippen molar-refractivity contribution in [1.29, 1.82) is 0 Å². The first kappa shape index (κ1) is 11.2. The van der Waals surface area contributed by atoms with Crippen LogP contribution in [0.15, 0.2) is 30.7 Å². The number of carboxylic acids is 1. The molecule has 0 fully saturated rings. The number of aromatic nitrogens is 3. The highest BCUT2D eigenvalue weighted by molar-refractivity contribution is 5.89. The summed E-state index contributed by atoms with van der Waals surface area (Å²) in [6.45, 7) is 1.87. The molecule has 0 spiro atoms. The Labute approximate surface area is 98.2 Å². The molecular weight excluding hydrogens is 218 g/mol. The maximum atomic E-state index is 11.0. The van der Waals surface area contributed by atoms with Crippen molar-refractivity contribution in [3.05, 3.63) is 42.0 Å². The quantitative estimate of drug-likeness (QED) is 0.868. The standard InChI is InChI=1S/C12H11N3O2/c1-2-9-8(12(16)17)3-4-10(15-9)11-7-13-5-6-14-11/h3-7H,2H2,1H3,(H,16,17). The highest BCUT2D eigenvalue weighted by Gasteiger charge is 2.11. The molecule has 5 nitrogen and oxygen atoms in total. The van der Waals surface area contributed by atoms with Crippen LogP contribution in [0.3, 0.4) is 0 Å². The first-order chi connectivity index (χ1) is 8.22. The molecule has 0 amide bonds. The molecule has 2 aromatic heterocycles. The zero-order valence-electron chi connectivity index (χ0n) is 9.29. The van der Waals surface area contributed by atoms with Gasteiger partial charge in [0.15, 0.2) is 0 Å². The summed E-state index contributed by atoms with van der Waals surface area (Å²) in [5, 5.41) is 8.99. The van der Waals surface area contributed by atoms with Crippen molar-refractivity contribution in [3.8, 4) is 11.4 Å². The van der Waals surface area contributed by atoms with Crippen molar-refractivity contribution >= 4 is 5.97 Å². The molecule has 86 valence electrons. The van der Waals surface area contributed by atoms with Crippen LogP contribution in [-0.2, 0) is 6.42 Å². The molecule has 0 radical (unpaired) electrons. The first-order valence-corrected chi connectivity index (χ1v) is 5.22. The second-order valence-corrected chi connectivity index (χ2v) is 3.44. The van der Waals surface area contributed by atoms with Gasteiger partial charge in [-0.2, -0.15) is 0 Å². The molecule has 0 unspecified atom stereocenters. The van der Waals surface area contributed by atoms with Crippen LogP contribution in [-0.4, -0.2) is 26.0 Å². The Morgan fingerprint density at radius 3 is 2.71 bits per heavy atom. The van der Waals surface area contributed by atoms with Crippen LogP contribution in [0.25, 0.3) is 11.4 Å². The number of hydrogen-bond donors (Lipinski definition) is 1. The zero-order chi connectivity index (χ0) is 12.3. The molecule has 0 aliphatic carbocycles. The predicted molar refractivity (Wildman–Crippen MR) is 61.6 cm³/mol. The Morgan fingerprint density at radius 2 is 2.12 bits per heavy atom.